The van der Waals surface area contributed by atoms with E-state index in [0.29, 0.717) is 0 Å². The monoisotopic (exact) mass is 1620 g/mol. The topological polar surface area (TPSA) is 47.6 Å². The average molecular weight is 1620 g/mol. The van der Waals surface area contributed by atoms with E-state index >= 15 is 0 Å². The summed E-state index contributed by atoms with van der Waals surface area (Å²) < 4.78 is 23.7. The van der Waals surface area contributed by atoms with E-state index in [1.54, 1.807) is 0 Å². The highest BCUT2D eigenvalue weighted by atomic mass is 32.1. The molecule has 0 saturated heterocycles. The second kappa shape index (κ2) is 29.8. The second-order valence-corrected chi connectivity index (χ2v) is 33.9. The molecule has 27 rings (SSSR count). The molecule has 5 nitrogen and oxygen atoms in total. The fraction of sp³-hybridized carbons (Fsp3) is 0. The number of thiophene rings is 1. The number of fused-ring (bicyclic) bond motifs is 24. The summed E-state index contributed by atoms with van der Waals surface area (Å²) >= 11 is 1.88. The second-order valence-electron chi connectivity index (χ2n) is 32.9. The first kappa shape index (κ1) is 72.4. The summed E-state index contributed by atoms with van der Waals surface area (Å²) in [4.78, 5) is 2.31. The third-order valence-electron chi connectivity index (χ3n) is 25.6. The molecule has 0 spiro atoms. The largest absolute Gasteiger partial charge is 0.456 e. The van der Waals surface area contributed by atoms with E-state index in [2.05, 4.69) is 428 Å². The maximum atomic E-state index is 6.31. The number of para-hydroxylation sites is 6. The normalized spacial score (nSPS) is 11.8. The van der Waals surface area contributed by atoms with Gasteiger partial charge in [0.05, 0.1) is 11.0 Å². The molecule has 0 aliphatic carbocycles. The van der Waals surface area contributed by atoms with Crippen molar-refractivity contribution in [3.63, 3.8) is 0 Å². The molecule has 0 N–H and O–H groups in total. The molecule has 0 bridgehead atoms. The van der Waals surface area contributed by atoms with Gasteiger partial charge < -0.3 is 22.7 Å². The lowest BCUT2D eigenvalue weighted by molar-refractivity contribution is 0.668. The number of aromatic nitrogens is 1. The van der Waals surface area contributed by atoms with Crippen LogP contribution in [0, 0.1) is 0 Å². The smallest absolute Gasteiger partial charge is 0.136 e. The van der Waals surface area contributed by atoms with Gasteiger partial charge in [-0.05, 0) is 284 Å². The van der Waals surface area contributed by atoms with Crippen LogP contribution in [0.5, 0.6) is 0 Å². The van der Waals surface area contributed by atoms with Crippen LogP contribution in [0.25, 0.3) is 234 Å². The van der Waals surface area contributed by atoms with Gasteiger partial charge in [-0.15, -0.1) is 11.3 Å². The fourth-order valence-electron chi connectivity index (χ4n) is 19.7. The van der Waals surface area contributed by atoms with Crippen LogP contribution >= 0.6 is 11.3 Å². The van der Waals surface area contributed by atoms with E-state index in [4.69, 9.17) is 13.3 Å². The minimum Gasteiger partial charge on any atom is -0.456 e. The van der Waals surface area contributed by atoms with Crippen LogP contribution < -0.4 is 4.90 Å². The molecule has 0 fully saturated rings. The Morgan fingerprint density at radius 3 is 1.05 bits per heavy atom. The van der Waals surface area contributed by atoms with E-state index in [0.717, 1.165) is 88.6 Å². The Kier molecular flexibility index (Phi) is 17.1. The number of rotatable bonds is 9. The van der Waals surface area contributed by atoms with Gasteiger partial charge in [0.25, 0.3) is 0 Å². The van der Waals surface area contributed by atoms with Gasteiger partial charge in [-0.25, -0.2) is 0 Å². The van der Waals surface area contributed by atoms with Crippen LogP contribution in [-0.2, 0) is 0 Å². The van der Waals surface area contributed by atoms with E-state index in [1.165, 1.54) is 162 Å². The van der Waals surface area contributed by atoms with Crippen molar-refractivity contribution in [2.24, 2.45) is 0 Å². The van der Waals surface area contributed by atoms with E-state index in [9.17, 15) is 0 Å². The van der Waals surface area contributed by atoms with Gasteiger partial charge in [-0.3, -0.25) is 0 Å². The molecule has 5 aromatic heterocycles. The lowest BCUT2D eigenvalue weighted by Gasteiger charge is -2.25. The van der Waals surface area contributed by atoms with Crippen molar-refractivity contribution in [2.75, 3.05) is 4.90 Å². The van der Waals surface area contributed by atoms with Crippen molar-refractivity contribution in [1.82, 2.24) is 4.57 Å². The zero-order valence-corrected chi connectivity index (χ0v) is 69.1. The zero-order chi connectivity index (χ0) is 82.9. The number of nitrogens with zero attached hydrogens (tertiary/aromatic N) is 2. The lowest BCUT2D eigenvalue weighted by Crippen LogP contribution is -2.09. The van der Waals surface area contributed by atoms with Crippen LogP contribution in [0.2, 0.25) is 0 Å². The molecule has 0 atom stereocenters. The van der Waals surface area contributed by atoms with Gasteiger partial charge in [0, 0.05) is 86.0 Å². The van der Waals surface area contributed by atoms with Crippen LogP contribution in [0.3, 0.4) is 0 Å². The number of hydrogen-bond acceptors (Lipinski definition) is 5. The summed E-state index contributed by atoms with van der Waals surface area (Å²) in [5, 5.41) is 27.0. The maximum absolute atomic E-state index is 6.31. The molecule has 0 radical (unpaired) electrons. The molecular formula is C120H74N2O3S. The average Bonchev–Trinajstić information content (AvgIpc) is 1.57. The van der Waals surface area contributed by atoms with Gasteiger partial charge >= 0.3 is 0 Å². The fourth-order valence-corrected chi connectivity index (χ4v) is 20.9. The predicted molar refractivity (Wildman–Crippen MR) is 535 cm³/mol. The quantitative estimate of drug-likeness (QED) is 0.135. The van der Waals surface area contributed by atoms with Gasteiger partial charge in [0.2, 0.25) is 0 Å². The molecule has 5 heterocycles. The van der Waals surface area contributed by atoms with Crippen molar-refractivity contribution in [3.05, 3.63) is 449 Å². The van der Waals surface area contributed by atoms with Gasteiger partial charge in [0.1, 0.15) is 33.5 Å². The Labute approximate surface area is 728 Å². The maximum Gasteiger partial charge on any atom is 0.136 e. The van der Waals surface area contributed by atoms with Crippen molar-refractivity contribution in [3.8, 4) is 61.3 Å². The van der Waals surface area contributed by atoms with Gasteiger partial charge in [0.15, 0.2) is 0 Å². The highest BCUT2D eigenvalue weighted by Crippen LogP contribution is 2.48. The minimum absolute atomic E-state index is 0.918. The summed E-state index contributed by atoms with van der Waals surface area (Å²) in [5.41, 5.74) is 24.6. The summed E-state index contributed by atoms with van der Waals surface area (Å²) in [6, 6.07) is 162. The molecule has 6 heteroatoms. The molecule has 0 aliphatic heterocycles. The number of anilines is 3. The van der Waals surface area contributed by atoms with Crippen LogP contribution in [0.4, 0.5) is 17.1 Å². The summed E-state index contributed by atoms with van der Waals surface area (Å²) in [6.45, 7) is 0. The first-order valence-electron chi connectivity index (χ1n) is 43.0. The van der Waals surface area contributed by atoms with E-state index in [-0.39, 0.29) is 0 Å². The molecule has 0 amide bonds. The Balaban J connectivity index is 0.000000106. The molecular weight excluding hydrogens is 1550 g/mol. The zero-order valence-electron chi connectivity index (χ0n) is 68.3. The van der Waals surface area contributed by atoms with Crippen LogP contribution in [0.1, 0.15) is 0 Å². The Bertz CT molecular complexity index is 8930. The van der Waals surface area contributed by atoms with Gasteiger partial charge in [-0.2, -0.15) is 0 Å². The number of benzene rings is 22. The Morgan fingerprint density at radius 2 is 0.532 bits per heavy atom. The highest BCUT2D eigenvalue weighted by Gasteiger charge is 2.23. The van der Waals surface area contributed by atoms with Crippen molar-refractivity contribution in [2.45, 2.75) is 0 Å². The highest BCUT2D eigenvalue weighted by molar-refractivity contribution is 7.25. The van der Waals surface area contributed by atoms with Crippen molar-refractivity contribution in [1.29, 1.82) is 0 Å². The lowest BCUT2D eigenvalue weighted by atomic mass is 9.92. The van der Waals surface area contributed by atoms with E-state index in [1.807, 2.05) is 41.7 Å². The third-order valence-corrected chi connectivity index (χ3v) is 26.7. The Morgan fingerprint density at radius 1 is 0.175 bits per heavy atom. The summed E-state index contributed by atoms with van der Waals surface area (Å²) in [5.74, 6) is 0. The van der Waals surface area contributed by atoms with Crippen LogP contribution in [-0.4, -0.2) is 4.57 Å². The molecule has 0 aliphatic rings. The number of hydrogen-bond donors (Lipinski definition) is 0. The van der Waals surface area contributed by atoms with Crippen molar-refractivity contribution >= 4 is 201 Å². The molecule has 22 aromatic carbocycles. The van der Waals surface area contributed by atoms with E-state index < -0.39 is 0 Å². The molecule has 0 saturated carbocycles. The summed E-state index contributed by atoms with van der Waals surface area (Å²) in [7, 11) is 0. The molecule has 0 unspecified atom stereocenters. The Hall–Kier alpha value is -16.4. The molecule has 588 valence electrons. The van der Waals surface area contributed by atoms with Crippen molar-refractivity contribution < 1.29 is 13.3 Å². The third kappa shape index (κ3) is 12.3. The number of furan rings is 3. The minimum atomic E-state index is 0.918. The first-order valence-corrected chi connectivity index (χ1v) is 43.8. The predicted octanol–water partition coefficient (Wildman–Crippen LogP) is 34.9. The first-order chi connectivity index (χ1) is 62.4. The van der Waals surface area contributed by atoms with Gasteiger partial charge in [-0.1, -0.05) is 285 Å². The molecule has 27 aromatic rings. The van der Waals surface area contributed by atoms with Crippen LogP contribution in [0.15, 0.2) is 462 Å². The standard InChI is InChI=1S/C50H31NO.C38H25NS.C32H18O2/c1-3-13-32(14-4-1)35-25-36(33-15-5-2-6-16-33)27-38(26-35)51-47-21-11-9-19-41(47)45-28-34(23-24-48(45)51)43-29-37-30-46-42-20-10-12-22-49(42)52-50(46)31-44(37)40-18-8-7-17-39(40)43;1-3-11-28(12-4-1)39(29-13-5-2-6-14-29)30-21-19-26(20-22-30)34-23-27-24-36-33-17-9-10-18-37(33)40-38(36)25-35(27)32-16-8-7-15-31(32)34;1-2-8-22-21(7-1)25(19-13-14-31-27(15-19)23-9-3-5-11-29(23)33-31)16-20-17-28-24-10-4-6-12-30(24)34-32(28)18-26(20)22/h1-31H;1-25H;1-18H. The molecule has 126 heavy (non-hydrogen) atoms. The SMILES string of the molecule is c1ccc(-c2cc(-c3ccccc3)cc(-n3c4ccccc4c4cc(-c5cc6cc7c(cc6c6ccccc56)oc5ccccc57)ccc43)c2)cc1.c1ccc(N(c2ccccc2)c2ccc(-c3cc4cc5c(cc4c4ccccc34)sc3ccccc35)cc2)cc1.c1ccc2c(c1)oc1ccc(-c3cc4cc5c(cc4c4ccccc34)oc3ccccc35)cc12. The summed E-state index contributed by atoms with van der Waals surface area (Å²) in [6.07, 6.45) is 0.